The molecule has 1 aromatic heterocycles. The van der Waals surface area contributed by atoms with E-state index in [9.17, 15) is 8.42 Å². The van der Waals surface area contributed by atoms with Crippen LogP contribution >= 0.6 is 0 Å². The highest BCUT2D eigenvalue weighted by atomic mass is 32.2. The fourth-order valence-electron chi connectivity index (χ4n) is 2.05. The monoisotopic (exact) mass is 293 g/mol. The highest BCUT2D eigenvalue weighted by Crippen LogP contribution is 2.24. The molecule has 0 spiro atoms. The second-order valence-corrected chi connectivity index (χ2v) is 6.82. The van der Waals surface area contributed by atoms with Crippen LogP contribution in [0.25, 0.3) is 10.9 Å². The van der Waals surface area contributed by atoms with Crippen LogP contribution in [0.1, 0.15) is 12.0 Å². The van der Waals surface area contributed by atoms with E-state index < -0.39 is 10.0 Å². The number of aryl methyl sites for hydroxylation is 1. The quantitative estimate of drug-likeness (QED) is 0.906. The summed E-state index contributed by atoms with van der Waals surface area (Å²) >= 11 is 0. The van der Waals surface area contributed by atoms with E-state index in [0.29, 0.717) is 25.0 Å². The van der Waals surface area contributed by atoms with E-state index in [1.165, 1.54) is 4.31 Å². The van der Waals surface area contributed by atoms with Crippen LogP contribution in [0, 0.1) is 6.92 Å². The van der Waals surface area contributed by atoms with Crippen molar-refractivity contribution in [2.24, 2.45) is 5.73 Å². The lowest BCUT2D eigenvalue weighted by molar-refractivity contribution is 0.464. The summed E-state index contributed by atoms with van der Waals surface area (Å²) in [6.07, 6.45) is 2.31. The molecule has 0 saturated carbocycles. The van der Waals surface area contributed by atoms with Crippen molar-refractivity contribution >= 4 is 20.9 Å². The molecular weight excluding hydrogens is 274 g/mol. The number of hydrogen-bond donors (Lipinski definition) is 1. The molecule has 0 saturated heterocycles. The van der Waals surface area contributed by atoms with E-state index in [4.69, 9.17) is 5.73 Å². The molecule has 20 heavy (non-hydrogen) atoms. The third-order valence-electron chi connectivity index (χ3n) is 3.18. The third-order valence-corrected chi connectivity index (χ3v) is 5.06. The Bertz CT molecular complexity index is 713. The van der Waals surface area contributed by atoms with Crippen molar-refractivity contribution in [3.8, 4) is 0 Å². The minimum absolute atomic E-state index is 0.245. The van der Waals surface area contributed by atoms with Crippen LogP contribution < -0.4 is 5.73 Å². The van der Waals surface area contributed by atoms with Gasteiger partial charge in [0.2, 0.25) is 10.0 Å². The second kappa shape index (κ2) is 5.87. The molecule has 0 aliphatic carbocycles. The molecular formula is C14H19N3O2S. The van der Waals surface area contributed by atoms with Crippen LogP contribution in [0.3, 0.4) is 0 Å². The molecule has 0 bridgehead atoms. The molecule has 0 aliphatic rings. The van der Waals surface area contributed by atoms with Gasteiger partial charge in [-0.3, -0.25) is 4.98 Å². The van der Waals surface area contributed by atoms with Crippen molar-refractivity contribution in [3.05, 3.63) is 36.0 Å². The van der Waals surface area contributed by atoms with Crippen molar-refractivity contribution in [3.63, 3.8) is 0 Å². The molecule has 0 atom stereocenters. The first-order valence-electron chi connectivity index (χ1n) is 6.48. The van der Waals surface area contributed by atoms with Gasteiger partial charge in [-0.2, -0.15) is 0 Å². The van der Waals surface area contributed by atoms with Crippen LogP contribution in [0.5, 0.6) is 0 Å². The molecule has 2 aromatic rings. The number of rotatable bonds is 5. The van der Waals surface area contributed by atoms with Gasteiger partial charge >= 0.3 is 0 Å². The zero-order chi connectivity index (χ0) is 14.8. The van der Waals surface area contributed by atoms with E-state index in [2.05, 4.69) is 4.98 Å². The topological polar surface area (TPSA) is 76.3 Å². The van der Waals surface area contributed by atoms with Crippen molar-refractivity contribution in [2.75, 3.05) is 20.1 Å². The normalized spacial score (nSPS) is 12.2. The molecule has 0 amide bonds. The Labute approximate surface area is 119 Å². The van der Waals surface area contributed by atoms with Crippen LogP contribution in [0.4, 0.5) is 0 Å². The first-order valence-corrected chi connectivity index (χ1v) is 7.92. The zero-order valence-corrected chi connectivity index (χ0v) is 12.5. The van der Waals surface area contributed by atoms with Gasteiger partial charge in [0.1, 0.15) is 4.90 Å². The Hall–Kier alpha value is -1.50. The number of hydrogen-bond acceptors (Lipinski definition) is 4. The molecule has 1 aromatic carbocycles. The minimum Gasteiger partial charge on any atom is -0.330 e. The number of fused-ring (bicyclic) bond motifs is 1. The molecule has 5 nitrogen and oxygen atoms in total. The third kappa shape index (κ3) is 2.82. The highest BCUT2D eigenvalue weighted by Gasteiger charge is 2.23. The Morgan fingerprint density at radius 2 is 2.10 bits per heavy atom. The van der Waals surface area contributed by atoms with Crippen molar-refractivity contribution in [2.45, 2.75) is 18.2 Å². The van der Waals surface area contributed by atoms with Gasteiger partial charge in [0.05, 0.1) is 5.52 Å². The van der Waals surface area contributed by atoms with Gasteiger partial charge in [-0.1, -0.05) is 12.1 Å². The number of aromatic nitrogens is 1. The van der Waals surface area contributed by atoms with Gasteiger partial charge < -0.3 is 5.73 Å². The van der Waals surface area contributed by atoms with Crippen molar-refractivity contribution in [1.29, 1.82) is 0 Å². The SMILES string of the molecule is Cc1cnc2c(S(=O)(=O)N(C)CCCN)cccc2c1. The average Bonchev–Trinajstić information content (AvgIpc) is 2.43. The number of para-hydroxylation sites is 1. The van der Waals surface area contributed by atoms with Crippen LogP contribution in [-0.2, 0) is 10.0 Å². The van der Waals surface area contributed by atoms with Gasteiger partial charge in [-0.15, -0.1) is 0 Å². The number of nitrogens with zero attached hydrogens (tertiary/aromatic N) is 2. The molecule has 0 aliphatic heterocycles. The first kappa shape index (κ1) is 14.9. The zero-order valence-electron chi connectivity index (χ0n) is 11.7. The lowest BCUT2D eigenvalue weighted by Crippen LogP contribution is -2.29. The average molecular weight is 293 g/mol. The molecule has 108 valence electrons. The molecule has 6 heteroatoms. The molecule has 0 fully saturated rings. The lowest BCUT2D eigenvalue weighted by Gasteiger charge is -2.17. The summed E-state index contributed by atoms with van der Waals surface area (Å²) in [5.41, 5.74) is 6.95. The maximum atomic E-state index is 12.6. The number of nitrogens with two attached hydrogens (primary N) is 1. The summed E-state index contributed by atoms with van der Waals surface area (Å²) in [6.45, 7) is 2.80. The van der Waals surface area contributed by atoms with Gasteiger partial charge in [0, 0.05) is 25.2 Å². The number of pyridine rings is 1. The van der Waals surface area contributed by atoms with Crippen LogP contribution in [0.2, 0.25) is 0 Å². The van der Waals surface area contributed by atoms with E-state index in [1.54, 1.807) is 25.4 Å². The van der Waals surface area contributed by atoms with E-state index >= 15 is 0 Å². The summed E-state index contributed by atoms with van der Waals surface area (Å²) in [5, 5.41) is 0.832. The van der Waals surface area contributed by atoms with E-state index in [0.717, 1.165) is 10.9 Å². The summed E-state index contributed by atoms with van der Waals surface area (Å²) in [5.74, 6) is 0. The maximum absolute atomic E-state index is 12.6. The molecule has 0 radical (unpaired) electrons. The Morgan fingerprint density at radius 1 is 1.35 bits per heavy atom. The lowest BCUT2D eigenvalue weighted by atomic mass is 10.2. The second-order valence-electron chi connectivity index (χ2n) is 4.81. The number of sulfonamides is 1. The maximum Gasteiger partial charge on any atom is 0.244 e. The first-order chi connectivity index (χ1) is 9.46. The Balaban J connectivity index is 2.52. The van der Waals surface area contributed by atoms with Gasteiger partial charge in [-0.25, -0.2) is 12.7 Å². The van der Waals surface area contributed by atoms with Crippen LogP contribution in [-0.4, -0.2) is 37.8 Å². The standard InChI is InChI=1S/C14H19N3O2S/c1-11-9-12-5-3-6-13(14(12)16-10-11)20(18,19)17(2)8-4-7-15/h3,5-6,9-10H,4,7-8,15H2,1-2H3. The molecule has 0 unspecified atom stereocenters. The van der Waals surface area contributed by atoms with Gasteiger partial charge in [0.15, 0.2) is 0 Å². The fraction of sp³-hybridized carbons (Fsp3) is 0.357. The van der Waals surface area contributed by atoms with Crippen molar-refractivity contribution in [1.82, 2.24) is 9.29 Å². The van der Waals surface area contributed by atoms with E-state index in [1.807, 2.05) is 19.1 Å². The van der Waals surface area contributed by atoms with Crippen LogP contribution in [0.15, 0.2) is 35.4 Å². The Morgan fingerprint density at radius 3 is 2.80 bits per heavy atom. The Kier molecular flexibility index (Phi) is 4.37. The highest BCUT2D eigenvalue weighted by molar-refractivity contribution is 7.89. The van der Waals surface area contributed by atoms with Crippen molar-refractivity contribution < 1.29 is 8.42 Å². The summed E-state index contributed by atoms with van der Waals surface area (Å²) < 4.78 is 26.5. The number of benzene rings is 1. The summed E-state index contributed by atoms with van der Waals surface area (Å²) in [4.78, 5) is 4.52. The summed E-state index contributed by atoms with van der Waals surface area (Å²) in [7, 11) is -1.97. The van der Waals surface area contributed by atoms with Gasteiger partial charge in [0.25, 0.3) is 0 Å². The predicted molar refractivity (Wildman–Crippen MR) is 80.0 cm³/mol. The fourth-order valence-corrected chi connectivity index (χ4v) is 3.42. The smallest absolute Gasteiger partial charge is 0.244 e. The summed E-state index contributed by atoms with van der Waals surface area (Å²) in [6, 6.07) is 7.14. The largest absolute Gasteiger partial charge is 0.330 e. The molecule has 2 N–H and O–H groups in total. The molecule has 1 heterocycles. The minimum atomic E-state index is -3.54. The molecule has 2 rings (SSSR count). The predicted octanol–water partition coefficient (Wildman–Crippen LogP) is 1.51. The van der Waals surface area contributed by atoms with Gasteiger partial charge in [-0.05, 0) is 37.6 Å². The van der Waals surface area contributed by atoms with E-state index in [-0.39, 0.29) is 4.90 Å².